The highest BCUT2D eigenvalue weighted by molar-refractivity contribution is 6.32. The van der Waals surface area contributed by atoms with Gasteiger partial charge in [0.25, 0.3) is 5.91 Å². The quantitative estimate of drug-likeness (QED) is 0.391. The number of nitrogens with zero attached hydrogens (tertiary/aromatic N) is 1. The Morgan fingerprint density at radius 1 is 1.00 bits per heavy atom. The molecule has 0 heterocycles. The number of methoxy groups -OCH3 is 1. The molecule has 32 heavy (non-hydrogen) atoms. The third kappa shape index (κ3) is 6.02. The number of hydrogen-bond donors (Lipinski definition) is 1. The number of benzene rings is 3. The van der Waals surface area contributed by atoms with E-state index in [1.54, 1.807) is 30.5 Å². The van der Waals surface area contributed by atoms with Crippen LogP contribution in [0.4, 0.5) is 11.4 Å². The number of halogens is 2. The standard InChI is InChI=1S/C25H24Cl2N2O3/c1-15-5-8-22(17(3)9-15)28-13-18-10-21(27)25(23(11-18)31-4)32-14-24(30)29-19-7-6-16(2)20(26)12-19/h5-13H,14H2,1-4H3,(H,29,30). The van der Waals surface area contributed by atoms with Crippen molar-refractivity contribution in [3.05, 3.63) is 80.8 Å². The average molecular weight is 471 g/mol. The van der Waals surface area contributed by atoms with Gasteiger partial charge in [0.15, 0.2) is 18.1 Å². The third-order valence-corrected chi connectivity index (χ3v) is 5.45. The van der Waals surface area contributed by atoms with Gasteiger partial charge in [-0.3, -0.25) is 9.79 Å². The van der Waals surface area contributed by atoms with Crippen molar-refractivity contribution in [3.8, 4) is 11.5 Å². The van der Waals surface area contributed by atoms with Crippen LogP contribution in [-0.2, 0) is 4.79 Å². The van der Waals surface area contributed by atoms with E-state index in [2.05, 4.69) is 16.4 Å². The predicted molar refractivity (Wildman–Crippen MR) is 131 cm³/mol. The van der Waals surface area contributed by atoms with Gasteiger partial charge in [-0.05, 0) is 67.8 Å². The summed E-state index contributed by atoms with van der Waals surface area (Å²) in [5, 5.41) is 3.64. The van der Waals surface area contributed by atoms with E-state index in [1.807, 2.05) is 39.0 Å². The van der Waals surface area contributed by atoms with Crippen LogP contribution >= 0.6 is 23.2 Å². The zero-order valence-electron chi connectivity index (χ0n) is 18.3. The number of rotatable bonds is 7. The second-order valence-corrected chi connectivity index (χ2v) is 8.20. The van der Waals surface area contributed by atoms with Crippen LogP contribution in [0.15, 0.2) is 53.5 Å². The Bertz CT molecular complexity index is 1180. The van der Waals surface area contributed by atoms with Gasteiger partial charge in [0.2, 0.25) is 0 Å². The number of amides is 1. The maximum absolute atomic E-state index is 12.3. The molecule has 0 spiro atoms. The molecular weight excluding hydrogens is 447 g/mol. The molecule has 7 heteroatoms. The van der Waals surface area contributed by atoms with Crippen LogP contribution in [0.25, 0.3) is 0 Å². The Balaban J connectivity index is 1.71. The monoisotopic (exact) mass is 470 g/mol. The fourth-order valence-corrected chi connectivity index (χ4v) is 3.51. The lowest BCUT2D eigenvalue weighted by atomic mass is 10.1. The second kappa shape index (κ2) is 10.5. The number of ether oxygens (including phenoxy) is 2. The molecule has 0 aliphatic rings. The van der Waals surface area contributed by atoms with Crippen LogP contribution in [0.3, 0.4) is 0 Å². The number of aryl methyl sites for hydroxylation is 3. The van der Waals surface area contributed by atoms with Gasteiger partial charge in [0.05, 0.1) is 17.8 Å². The van der Waals surface area contributed by atoms with Crippen molar-refractivity contribution < 1.29 is 14.3 Å². The van der Waals surface area contributed by atoms with Crippen LogP contribution in [0.5, 0.6) is 11.5 Å². The molecule has 166 valence electrons. The summed E-state index contributed by atoms with van der Waals surface area (Å²) in [4.78, 5) is 16.8. The molecule has 0 saturated heterocycles. The first kappa shape index (κ1) is 23.6. The molecule has 0 unspecified atom stereocenters. The summed E-state index contributed by atoms with van der Waals surface area (Å²) >= 11 is 12.5. The number of anilines is 1. The normalized spacial score (nSPS) is 10.9. The smallest absolute Gasteiger partial charge is 0.262 e. The fourth-order valence-electron chi connectivity index (χ4n) is 3.05. The molecule has 3 aromatic rings. The summed E-state index contributed by atoms with van der Waals surface area (Å²) < 4.78 is 11.1. The lowest BCUT2D eigenvalue weighted by Gasteiger charge is -2.13. The molecule has 3 aromatic carbocycles. The Hall–Kier alpha value is -3.02. The Kier molecular flexibility index (Phi) is 7.78. The molecule has 0 radical (unpaired) electrons. The highest BCUT2D eigenvalue weighted by Gasteiger charge is 2.14. The molecule has 5 nitrogen and oxygen atoms in total. The summed E-state index contributed by atoms with van der Waals surface area (Å²) in [7, 11) is 1.51. The van der Waals surface area contributed by atoms with Gasteiger partial charge in [0.1, 0.15) is 0 Å². The molecule has 1 amide bonds. The van der Waals surface area contributed by atoms with Gasteiger partial charge >= 0.3 is 0 Å². The van der Waals surface area contributed by atoms with Gasteiger partial charge in [-0.2, -0.15) is 0 Å². The van der Waals surface area contributed by atoms with E-state index in [0.717, 1.165) is 22.4 Å². The highest BCUT2D eigenvalue weighted by atomic mass is 35.5. The van der Waals surface area contributed by atoms with Crippen LogP contribution in [0, 0.1) is 20.8 Å². The molecule has 0 aliphatic carbocycles. The zero-order valence-corrected chi connectivity index (χ0v) is 19.8. The summed E-state index contributed by atoms with van der Waals surface area (Å²) in [5.74, 6) is 0.351. The summed E-state index contributed by atoms with van der Waals surface area (Å²) in [6.07, 6.45) is 1.71. The average Bonchev–Trinajstić information content (AvgIpc) is 2.74. The Labute approximate surface area is 198 Å². The lowest BCUT2D eigenvalue weighted by Crippen LogP contribution is -2.20. The van der Waals surface area contributed by atoms with Gasteiger partial charge < -0.3 is 14.8 Å². The number of aliphatic imine (C=N–C) groups is 1. The van der Waals surface area contributed by atoms with Gasteiger partial charge in [-0.25, -0.2) is 0 Å². The number of nitrogens with one attached hydrogen (secondary N) is 1. The van der Waals surface area contributed by atoms with Crippen molar-refractivity contribution >= 4 is 46.7 Å². The summed E-state index contributed by atoms with van der Waals surface area (Å²) in [6.45, 7) is 5.71. The van der Waals surface area contributed by atoms with Crippen molar-refractivity contribution in [2.75, 3.05) is 19.0 Å². The van der Waals surface area contributed by atoms with Crippen molar-refractivity contribution in [3.63, 3.8) is 0 Å². The SMILES string of the molecule is COc1cc(C=Nc2ccc(C)cc2C)cc(Cl)c1OCC(=O)Nc1ccc(C)c(Cl)c1. The van der Waals surface area contributed by atoms with Crippen molar-refractivity contribution in [1.29, 1.82) is 0 Å². The van der Waals surface area contributed by atoms with Crippen LogP contribution < -0.4 is 14.8 Å². The molecular formula is C25H24Cl2N2O3. The lowest BCUT2D eigenvalue weighted by molar-refractivity contribution is -0.118. The molecule has 0 saturated carbocycles. The van der Waals surface area contributed by atoms with E-state index >= 15 is 0 Å². The molecule has 3 rings (SSSR count). The van der Waals surface area contributed by atoms with Crippen LogP contribution in [-0.4, -0.2) is 25.8 Å². The van der Waals surface area contributed by atoms with Gasteiger partial charge in [-0.1, -0.05) is 47.0 Å². The maximum Gasteiger partial charge on any atom is 0.262 e. The van der Waals surface area contributed by atoms with Gasteiger partial charge in [0, 0.05) is 16.9 Å². The predicted octanol–water partition coefficient (Wildman–Crippen LogP) is 6.70. The molecule has 0 aliphatic heterocycles. The largest absolute Gasteiger partial charge is 0.493 e. The van der Waals surface area contributed by atoms with Crippen molar-refractivity contribution in [2.24, 2.45) is 4.99 Å². The molecule has 0 atom stereocenters. The summed E-state index contributed by atoms with van der Waals surface area (Å²) in [6, 6.07) is 14.8. The highest BCUT2D eigenvalue weighted by Crippen LogP contribution is 2.36. The third-order valence-electron chi connectivity index (χ3n) is 4.76. The summed E-state index contributed by atoms with van der Waals surface area (Å²) in [5.41, 5.74) is 5.41. The van der Waals surface area contributed by atoms with Gasteiger partial charge in [-0.15, -0.1) is 0 Å². The number of carbonyl (C=O) groups is 1. The Morgan fingerprint density at radius 2 is 1.78 bits per heavy atom. The van der Waals surface area contributed by atoms with Crippen LogP contribution in [0.1, 0.15) is 22.3 Å². The minimum atomic E-state index is -0.344. The molecule has 1 N–H and O–H groups in total. The first-order valence-corrected chi connectivity index (χ1v) is 10.7. The fraction of sp³-hybridized carbons (Fsp3) is 0.200. The van der Waals surface area contributed by atoms with E-state index in [1.165, 1.54) is 12.7 Å². The maximum atomic E-state index is 12.3. The van der Waals surface area contributed by atoms with Crippen molar-refractivity contribution in [1.82, 2.24) is 0 Å². The molecule has 0 aromatic heterocycles. The van der Waals surface area contributed by atoms with E-state index in [9.17, 15) is 4.79 Å². The first-order valence-electron chi connectivity index (χ1n) is 9.94. The minimum Gasteiger partial charge on any atom is -0.493 e. The van der Waals surface area contributed by atoms with E-state index in [-0.39, 0.29) is 18.3 Å². The van der Waals surface area contributed by atoms with Crippen molar-refractivity contribution in [2.45, 2.75) is 20.8 Å². The topological polar surface area (TPSA) is 59.9 Å². The number of hydrogen-bond acceptors (Lipinski definition) is 4. The Morgan fingerprint density at radius 3 is 2.47 bits per heavy atom. The molecule has 0 bridgehead atoms. The van der Waals surface area contributed by atoms with Crippen LogP contribution in [0.2, 0.25) is 10.0 Å². The number of carbonyl (C=O) groups excluding carboxylic acids is 1. The minimum absolute atomic E-state index is 0.239. The van der Waals surface area contributed by atoms with E-state index in [4.69, 9.17) is 32.7 Å². The zero-order chi connectivity index (χ0) is 23.3. The molecule has 0 fully saturated rings. The van der Waals surface area contributed by atoms with E-state index < -0.39 is 0 Å². The second-order valence-electron chi connectivity index (χ2n) is 7.38. The van der Waals surface area contributed by atoms with E-state index in [0.29, 0.717) is 21.5 Å². The first-order chi connectivity index (χ1) is 15.3.